The predicted molar refractivity (Wildman–Crippen MR) is 137 cm³/mol. The number of benzene rings is 3. The Morgan fingerprint density at radius 3 is 2.23 bits per heavy atom. The van der Waals surface area contributed by atoms with E-state index in [9.17, 15) is 0 Å². The summed E-state index contributed by atoms with van der Waals surface area (Å²) in [5.74, 6) is 1.50. The minimum Gasteiger partial charge on any atom is -0.436 e. The molecule has 35 heavy (non-hydrogen) atoms. The first-order valence-electron chi connectivity index (χ1n) is 11.2. The van der Waals surface area contributed by atoms with Crippen LogP contribution < -0.4 is 10.1 Å². The summed E-state index contributed by atoms with van der Waals surface area (Å²) >= 11 is 0. The summed E-state index contributed by atoms with van der Waals surface area (Å²) in [4.78, 5) is 13.7. The molecule has 0 aliphatic carbocycles. The zero-order chi connectivity index (χ0) is 24.5. The number of rotatable bonds is 5. The predicted octanol–water partition coefficient (Wildman–Crippen LogP) is 6.36. The van der Waals surface area contributed by atoms with Gasteiger partial charge in [0.25, 0.3) is 5.88 Å². The molecule has 172 valence electrons. The van der Waals surface area contributed by atoms with Gasteiger partial charge in [0.1, 0.15) is 5.75 Å². The standard InChI is InChI=1S/C28H24N6O/c1-17-5-9-21(10-6-17)22-13-18(2)25(19(3)14-22)35-27-24-26(34(4)16-30-24)32-28(33-27)31-23-11-7-20(15-29)8-12-23/h5-14,16H,1-4H3,(H,31,32,33). The maximum absolute atomic E-state index is 9.04. The van der Waals surface area contributed by atoms with Gasteiger partial charge in [0, 0.05) is 12.7 Å². The topological polar surface area (TPSA) is 88.7 Å². The molecule has 7 heteroatoms. The molecular formula is C28H24N6O. The number of nitrogens with zero attached hydrogens (tertiary/aromatic N) is 5. The van der Waals surface area contributed by atoms with E-state index < -0.39 is 0 Å². The maximum atomic E-state index is 9.04. The van der Waals surface area contributed by atoms with E-state index in [-0.39, 0.29) is 0 Å². The number of nitrogens with one attached hydrogen (secondary N) is 1. The number of aryl methyl sites for hydroxylation is 4. The van der Waals surface area contributed by atoms with Gasteiger partial charge < -0.3 is 14.6 Å². The summed E-state index contributed by atoms with van der Waals surface area (Å²) in [6.45, 7) is 6.15. The number of hydrogen-bond acceptors (Lipinski definition) is 6. The van der Waals surface area contributed by atoms with Crippen LogP contribution in [-0.4, -0.2) is 19.5 Å². The Bertz CT molecular complexity index is 1550. The minimum absolute atomic E-state index is 0.376. The second-order valence-electron chi connectivity index (χ2n) is 8.60. The third-order valence-electron chi connectivity index (χ3n) is 5.84. The van der Waals surface area contributed by atoms with Crippen molar-refractivity contribution in [3.8, 4) is 28.8 Å². The van der Waals surface area contributed by atoms with E-state index in [4.69, 9.17) is 10.00 Å². The highest BCUT2D eigenvalue weighted by Gasteiger charge is 2.17. The van der Waals surface area contributed by atoms with Crippen molar-refractivity contribution < 1.29 is 4.74 Å². The van der Waals surface area contributed by atoms with Crippen molar-refractivity contribution >= 4 is 22.8 Å². The third kappa shape index (κ3) is 4.42. The Hall–Kier alpha value is -4.70. The van der Waals surface area contributed by atoms with E-state index in [0.29, 0.717) is 28.6 Å². The SMILES string of the molecule is Cc1ccc(-c2cc(C)c(Oc3nc(Nc4ccc(C#N)cc4)nc4c3ncn4C)c(C)c2)cc1. The van der Waals surface area contributed by atoms with Crippen LogP contribution in [0.5, 0.6) is 11.6 Å². The molecule has 0 unspecified atom stereocenters. The molecule has 0 aliphatic rings. The van der Waals surface area contributed by atoms with Gasteiger partial charge >= 0.3 is 0 Å². The van der Waals surface area contributed by atoms with E-state index in [1.807, 2.05) is 37.6 Å². The number of ether oxygens (including phenoxy) is 1. The monoisotopic (exact) mass is 460 g/mol. The second kappa shape index (κ2) is 8.92. The van der Waals surface area contributed by atoms with Gasteiger partial charge in [-0.05, 0) is 79.4 Å². The molecule has 0 fully saturated rings. The van der Waals surface area contributed by atoms with Crippen LogP contribution in [0.2, 0.25) is 0 Å². The quantitative estimate of drug-likeness (QED) is 0.328. The zero-order valence-electron chi connectivity index (χ0n) is 20.0. The molecule has 0 aliphatic heterocycles. The summed E-state index contributed by atoms with van der Waals surface area (Å²) < 4.78 is 8.21. The molecule has 2 heterocycles. The lowest BCUT2D eigenvalue weighted by Gasteiger charge is -2.15. The van der Waals surface area contributed by atoms with E-state index in [1.54, 1.807) is 18.5 Å². The number of hydrogen-bond donors (Lipinski definition) is 1. The van der Waals surface area contributed by atoms with Gasteiger partial charge in [-0.15, -0.1) is 0 Å². The Kier molecular flexibility index (Phi) is 5.63. The third-order valence-corrected chi connectivity index (χ3v) is 5.84. The van der Waals surface area contributed by atoms with Crippen LogP contribution in [-0.2, 0) is 7.05 Å². The molecule has 7 nitrogen and oxygen atoms in total. The van der Waals surface area contributed by atoms with Crippen LogP contribution in [0, 0.1) is 32.1 Å². The molecule has 5 rings (SSSR count). The Labute approximate surface area is 203 Å². The van der Waals surface area contributed by atoms with Gasteiger partial charge in [-0.1, -0.05) is 29.8 Å². The van der Waals surface area contributed by atoms with Gasteiger partial charge in [-0.2, -0.15) is 15.2 Å². The lowest BCUT2D eigenvalue weighted by Crippen LogP contribution is -2.02. The summed E-state index contributed by atoms with van der Waals surface area (Å²) in [7, 11) is 1.88. The van der Waals surface area contributed by atoms with Crippen molar-refractivity contribution in [2.45, 2.75) is 20.8 Å². The smallest absolute Gasteiger partial charge is 0.252 e. The fourth-order valence-corrected chi connectivity index (χ4v) is 3.99. The average Bonchev–Trinajstić information content (AvgIpc) is 3.23. The molecular weight excluding hydrogens is 436 g/mol. The number of anilines is 2. The van der Waals surface area contributed by atoms with Crippen LogP contribution >= 0.6 is 0 Å². The zero-order valence-corrected chi connectivity index (χ0v) is 20.0. The molecule has 0 amide bonds. The number of nitriles is 1. The summed E-state index contributed by atoms with van der Waals surface area (Å²) in [6, 6.07) is 22.0. The molecule has 0 radical (unpaired) electrons. The van der Waals surface area contributed by atoms with E-state index in [0.717, 1.165) is 33.7 Å². The molecule has 0 saturated heterocycles. The first kappa shape index (κ1) is 22.1. The maximum Gasteiger partial charge on any atom is 0.252 e. The van der Waals surface area contributed by atoms with Crippen molar-refractivity contribution in [3.63, 3.8) is 0 Å². The van der Waals surface area contributed by atoms with Crippen molar-refractivity contribution in [2.75, 3.05) is 5.32 Å². The molecule has 3 aromatic carbocycles. The Morgan fingerprint density at radius 2 is 1.57 bits per heavy atom. The molecule has 0 spiro atoms. The fraction of sp³-hybridized carbons (Fsp3) is 0.143. The summed E-state index contributed by atoms with van der Waals surface area (Å²) in [6.07, 6.45) is 1.69. The lowest BCUT2D eigenvalue weighted by molar-refractivity contribution is 0.461. The highest BCUT2D eigenvalue weighted by Crippen LogP contribution is 2.35. The molecule has 5 aromatic rings. The van der Waals surface area contributed by atoms with E-state index in [1.165, 1.54) is 5.56 Å². The molecule has 2 aromatic heterocycles. The number of fused-ring (bicyclic) bond motifs is 1. The Morgan fingerprint density at radius 1 is 0.886 bits per heavy atom. The largest absolute Gasteiger partial charge is 0.436 e. The fourth-order valence-electron chi connectivity index (χ4n) is 3.99. The minimum atomic E-state index is 0.376. The van der Waals surface area contributed by atoms with Crippen molar-refractivity contribution in [1.29, 1.82) is 5.26 Å². The molecule has 0 bridgehead atoms. The first-order valence-corrected chi connectivity index (χ1v) is 11.2. The van der Waals surface area contributed by atoms with E-state index in [2.05, 4.69) is 69.7 Å². The normalized spacial score (nSPS) is 10.8. The highest BCUT2D eigenvalue weighted by molar-refractivity contribution is 5.79. The molecule has 0 atom stereocenters. The van der Waals surface area contributed by atoms with Gasteiger partial charge in [-0.3, -0.25) is 0 Å². The van der Waals surface area contributed by atoms with Gasteiger partial charge in [0.2, 0.25) is 5.95 Å². The summed E-state index contributed by atoms with van der Waals surface area (Å²) in [5, 5.41) is 12.2. The lowest BCUT2D eigenvalue weighted by atomic mass is 9.99. The molecule has 0 saturated carbocycles. The number of aromatic nitrogens is 4. The van der Waals surface area contributed by atoms with Crippen molar-refractivity contribution in [3.05, 3.63) is 89.2 Å². The van der Waals surface area contributed by atoms with Crippen LogP contribution in [0.3, 0.4) is 0 Å². The average molecular weight is 461 g/mol. The highest BCUT2D eigenvalue weighted by atomic mass is 16.5. The molecule has 1 N–H and O–H groups in total. The summed E-state index contributed by atoms with van der Waals surface area (Å²) in [5.41, 5.74) is 8.13. The second-order valence-corrected chi connectivity index (χ2v) is 8.60. The van der Waals surface area contributed by atoms with Crippen molar-refractivity contribution in [2.24, 2.45) is 7.05 Å². The van der Waals surface area contributed by atoms with Crippen LogP contribution in [0.25, 0.3) is 22.3 Å². The van der Waals surface area contributed by atoms with Gasteiger partial charge in [-0.25, -0.2) is 4.98 Å². The van der Waals surface area contributed by atoms with Crippen LogP contribution in [0.15, 0.2) is 67.0 Å². The van der Waals surface area contributed by atoms with Gasteiger partial charge in [0.05, 0.1) is 18.0 Å². The number of imidazole rings is 1. The Balaban J connectivity index is 1.52. The van der Waals surface area contributed by atoms with Crippen LogP contribution in [0.1, 0.15) is 22.3 Å². The van der Waals surface area contributed by atoms with Crippen LogP contribution in [0.4, 0.5) is 11.6 Å². The van der Waals surface area contributed by atoms with Gasteiger partial charge in [0.15, 0.2) is 11.2 Å². The first-order chi connectivity index (χ1) is 16.9. The van der Waals surface area contributed by atoms with Crippen molar-refractivity contribution in [1.82, 2.24) is 19.5 Å². The van der Waals surface area contributed by atoms with E-state index >= 15 is 0 Å².